The number of rotatable bonds is 3. The summed E-state index contributed by atoms with van der Waals surface area (Å²) < 4.78 is 1.68. The van der Waals surface area contributed by atoms with Crippen molar-refractivity contribution in [3.05, 3.63) is 42.6 Å². The van der Waals surface area contributed by atoms with Crippen molar-refractivity contribution in [3.63, 3.8) is 0 Å². The van der Waals surface area contributed by atoms with Crippen LogP contribution in [0.5, 0.6) is 0 Å². The Kier molecular flexibility index (Phi) is 3.22. The van der Waals surface area contributed by atoms with Crippen LogP contribution in [0.25, 0.3) is 5.69 Å². The van der Waals surface area contributed by atoms with E-state index < -0.39 is 0 Å². The highest BCUT2D eigenvalue weighted by molar-refractivity contribution is 6.28. The number of halogens is 1. The molecule has 1 N–H and O–H groups in total. The normalized spacial score (nSPS) is 10.1. The lowest BCUT2D eigenvalue weighted by Crippen LogP contribution is -2.13. The number of anilines is 1. The van der Waals surface area contributed by atoms with E-state index in [9.17, 15) is 4.79 Å². The van der Waals surface area contributed by atoms with Gasteiger partial charge in [-0.25, -0.2) is 4.68 Å². The van der Waals surface area contributed by atoms with Crippen LogP contribution in [0.1, 0.15) is 0 Å². The van der Waals surface area contributed by atoms with Gasteiger partial charge in [-0.15, -0.1) is 11.6 Å². The van der Waals surface area contributed by atoms with Gasteiger partial charge in [0.2, 0.25) is 5.91 Å². The number of carbonyl (C=O) groups excluding carboxylic acids is 1. The van der Waals surface area contributed by atoms with Crippen molar-refractivity contribution in [1.29, 1.82) is 0 Å². The Hall–Kier alpha value is -1.81. The van der Waals surface area contributed by atoms with Crippen LogP contribution in [0.2, 0.25) is 0 Å². The number of nitrogens with one attached hydrogen (secondary N) is 1. The summed E-state index contributed by atoms with van der Waals surface area (Å²) in [6.45, 7) is 0. The summed E-state index contributed by atoms with van der Waals surface area (Å²) in [4.78, 5) is 11.0. The second-order valence-electron chi connectivity index (χ2n) is 3.16. The summed E-state index contributed by atoms with van der Waals surface area (Å²) in [5.74, 6) is 0.160. The number of hydrogen-bond acceptors (Lipinski definition) is 2. The minimum atomic E-state index is -0.264. The number of nitrogens with zero attached hydrogens (tertiary/aromatic N) is 2. The highest BCUT2D eigenvalue weighted by Crippen LogP contribution is 2.09. The van der Waals surface area contributed by atoms with Gasteiger partial charge in [-0.3, -0.25) is 4.79 Å². The fourth-order valence-corrected chi connectivity index (χ4v) is 1.36. The van der Waals surface area contributed by atoms with Crippen LogP contribution in [-0.4, -0.2) is 21.6 Å². The summed E-state index contributed by atoms with van der Waals surface area (Å²) in [6, 6.07) is 11.4. The Balaban J connectivity index is 2.17. The number of alkyl halides is 1. The van der Waals surface area contributed by atoms with E-state index in [-0.39, 0.29) is 11.8 Å². The fraction of sp³-hybridized carbons (Fsp3) is 0.0909. The second kappa shape index (κ2) is 4.81. The lowest BCUT2D eigenvalue weighted by Gasteiger charge is -2.00. The molecule has 0 saturated carbocycles. The number of carbonyl (C=O) groups is 1. The number of para-hydroxylation sites is 1. The summed E-state index contributed by atoms with van der Waals surface area (Å²) in [5, 5.41) is 6.77. The van der Waals surface area contributed by atoms with E-state index in [4.69, 9.17) is 11.6 Å². The van der Waals surface area contributed by atoms with Gasteiger partial charge in [-0.1, -0.05) is 18.2 Å². The Morgan fingerprint density at radius 2 is 2.06 bits per heavy atom. The molecule has 16 heavy (non-hydrogen) atoms. The Labute approximate surface area is 97.8 Å². The molecule has 5 heteroatoms. The topological polar surface area (TPSA) is 46.9 Å². The van der Waals surface area contributed by atoms with Gasteiger partial charge in [0, 0.05) is 12.3 Å². The molecule has 1 amide bonds. The van der Waals surface area contributed by atoms with Crippen molar-refractivity contribution in [2.75, 3.05) is 11.2 Å². The number of hydrogen-bond donors (Lipinski definition) is 1. The quantitative estimate of drug-likeness (QED) is 0.828. The van der Waals surface area contributed by atoms with Crippen LogP contribution >= 0.6 is 11.6 Å². The zero-order valence-corrected chi connectivity index (χ0v) is 9.19. The van der Waals surface area contributed by atoms with Crippen LogP contribution in [0.3, 0.4) is 0 Å². The predicted octanol–water partition coefficient (Wildman–Crippen LogP) is 2.05. The fourth-order valence-electron chi connectivity index (χ4n) is 1.29. The molecule has 0 fully saturated rings. The molecule has 0 unspecified atom stereocenters. The number of amides is 1. The van der Waals surface area contributed by atoms with Crippen molar-refractivity contribution in [2.24, 2.45) is 0 Å². The second-order valence-corrected chi connectivity index (χ2v) is 3.43. The molecule has 0 aliphatic carbocycles. The smallest absolute Gasteiger partial charge is 0.240 e. The molecule has 0 aliphatic rings. The largest absolute Gasteiger partial charge is 0.308 e. The molecule has 0 aliphatic heterocycles. The van der Waals surface area contributed by atoms with Crippen molar-refractivity contribution in [1.82, 2.24) is 9.78 Å². The molecule has 0 atom stereocenters. The number of aromatic nitrogens is 2. The predicted molar refractivity (Wildman–Crippen MR) is 62.9 cm³/mol. The first-order valence-corrected chi connectivity index (χ1v) is 5.30. The lowest BCUT2D eigenvalue weighted by atomic mass is 10.3. The van der Waals surface area contributed by atoms with Gasteiger partial charge in [-0.05, 0) is 12.1 Å². The zero-order valence-electron chi connectivity index (χ0n) is 8.43. The number of benzene rings is 1. The molecule has 2 rings (SSSR count). The molecule has 0 radical (unpaired) electrons. The van der Waals surface area contributed by atoms with E-state index in [0.717, 1.165) is 5.69 Å². The van der Waals surface area contributed by atoms with Crippen molar-refractivity contribution in [3.8, 4) is 5.69 Å². The van der Waals surface area contributed by atoms with Crippen molar-refractivity contribution in [2.45, 2.75) is 0 Å². The molecule has 1 heterocycles. The molecule has 82 valence electrons. The molecule has 2 aromatic rings. The van der Waals surface area contributed by atoms with E-state index in [1.807, 2.05) is 30.3 Å². The summed E-state index contributed by atoms with van der Waals surface area (Å²) in [6.07, 6.45) is 1.78. The first kappa shape index (κ1) is 10.7. The third-order valence-corrected chi connectivity index (χ3v) is 2.24. The molecular weight excluding hydrogens is 226 g/mol. The molecule has 0 spiro atoms. The van der Waals surface area contributed by atoms with E-state index in [1.54, 1.807) is 16.9 Å². The van der Waals surface area contributed by atoms with Crippen molar-refractivity contribution < 1.29 is 4.79 Å². The van der Waals surface area contributed by atoms with E-state index >= 15 is 0 Å². The van der Waals surface area contributed by atoms with Crippen LogP contribution in [0, 0.1) is 0 Å². The first-order valence-electron chi connectivity index (χ1n) is 4.76. The summed E-state index contributed by atoms with van der Waals surface area (Å²) in [5.41, 5.74) is 0.939. The highest BCUT2D eigenvalue weighted by atomic mass is 35.5. The SMILES string of the molecule is O=C(CCl)Nc1ccn(-c2ccccc2)n1. The minimum Gasteiger partial charge on any atom is -0.308 e. The monoisotopic (exact) mass is 235 g/mol. The van der Waals surface area contributed by atoms with E-state index in [0.29, 0.717) is 5.82 Å². The molecule has 1 aromatic carbocycles. The summed E-state index contributed by atoms with van der Waals surface area (Å²) in [7, 11) is 0. The Morgan fingerprint density at radius 1 is 1.31 bits per heavy atom. The van der Waals surface area contributed by atoms with Crippen molar-refractivity contribution >= 4 is 23.3 Å². The molecular formula is C11H10ClN3O. The van der Waals surface area contributed by atoms with Crippen LogP contribution in [-0.2, 0) is 4.79 Å². The van der Waals surface area contributed by atoms with E-state index in [1.165, 1.54) is 0 Å². The van der Waals surface area contributed by atoms with Gasteiger partial charge < -0.3 is 5.32 Å². The van der Waals surface area contributed by atoms with Gasteiger partial charge in [0.05, 0.1) is 5.69 Å². The standard InChI is InChI=1S/C11H10ClN3O/c12-8-11(16)13-10-6-7-15(14-10)9-4-2-1-3-5-9/h1-7H,8H2,(H,13,14,16). The molecule has 1 aromatic heterocycles. The average molecular weight is 236 g/mol. The lowest BCUT2D eigenvalue weighted by molar-refractivity contribution is -0.113. The van der Waals surface area contributed by atoms with Crippen LogP contribution in [0.4, 0.5) is 5.82 Å². The maximum Gasteiger partial charge on any atom is 0.240 e. The third kappa shape index (κ3) is 2.41. The first-order chi connectivity index (χ1) is 7.79. The third-order valence-electron chi connectivity index (χ3n) is 2.00. The van der Waals surface area contributed by atoms with Gasteiger partial charge >= 0.3 is 0 Å². The van der Waals surface area contributed by atoms with Gasteiger partial charge in [0.25, 0.3) is 0 Å². The Bertz CT molecular complexity index is 481. The maximum absolute atomic E-state index is 11.0. The van der Waals surface area contributed by atoms with Gasteiger partial charge in [-0.2, -0.15) is 5.10 Å². The van der Waals surface area contributed by atoms with Crippen LogP contribution < -0.4 is 5.32 Å². The zero-order chi connectivity index (χ0) is 11.4. The molecule has 0 saturated heterocycles. The molecule has 0 bridgehead atoms. The highest BCUT2D eigenvalue weighted by Gasteiger charge is 2.03. The maximum atomic E-state index is 11.0. The minimum absolute atomic E-state index is 0.0712. The Morgan fingerprint density at radius 3 is 2.75 bits per heavy atom. The van der Waals surface area contributed by atoms with Crippen LogP contribution in [0.15, 0.2) is 42.6 Å². The average Bonchev–Trinajstić information content (AvgIpc) is 2.78. The van der Waals surface area contributed by atoms with Gasteiger partial charge in [0.1, 0.15) is 5.88 Å². The van der Waals surface area contributed by atoms with E-state index in [2.05, 4.69) is 10.4 Å². The summed E-state index contributed by atoms with van der Waals surface area (Å²) >= 11 is 5.38. The van der Waals surface area contributed by atoms with Gasteiger partial charge in [0.15, 0.2) is 5.82 Å². The molecule has 4 nitrogen and oxygen atoms in total.